The van der Waals surface area contributed by atoms with E-state index in [1.54, 1.807) is 11.3 Å². The number of aromatic nitrogens is 1. The largest absolute Gasteiger partial charge is 0.323 e. The molecule has 1 atom stereocenters. The van der Waals surface area contributed by atoms with E-state index in [0.717, 1.165) is 24.4 Å². The smallest absolute Gasteiger partial charge is 0.190 e. The fourth-order valence-corrected chi connectivity index (χ4v) is 3.66. The Balaban J connectivity index is 1.94. The zero-order valence-electron chi connectivity index (χ0n) is 11.4. The third kappa shape index (κ3) is 2.38. The number of aryl methyl sites for hydroxylation is 2. The van der Waals surface area contributed by atoms with Crippen LogP contribution in [0.15, 0.2) is 24.3 Å². The molecule has 3 rings (SSSR count). The van der Waals surface area contributed by atoms with Crippen LogP contribution in [0.25, 0.3) is 0 Å². The lowest BCUT2D eigenvalue weighted by molar-refractivity contribution is 0.573. The molecule has 3 nitrogen and oxygen atoms in total. The summed E-state index contributed by atoms with van der Waals surface area (Å²) in [5, 5.41) is 1.05. The number of nitrogens with two attached hydrogens (primary N) is 1. The number of hydrogen-bond donors (Lipinski definition) is 1. The molecule has 0 saturated heterocycles. The molecule has 4 heteroatoms. The lowest BCUT2D eigenvalue weighted by atomic mass is 9.99. The van der Waals surface area contributed by atoms with Crippen molar-refractivity contribution >= 4 is 22.2 Å². The third-order valence-corrected chi connectivity index (χ3v) is 4.96. The van der Waals surface area contributed by atoms with E-state index in [9.17, 15) is 0 Å². The summed E-state index contributed by atoms with van der Waals surface area (Å²) >= 11 is 1.74. The second-order valence-corrected chi connectivity index (χ2v) is 6.21. The predicted molar refractivity (Wildman–Crippen MR) is 81.2 cm³/mol. The number of hydrogen-bond acceptors (Lipinski definition) is 4. The standard InChI is InChI=1S/C15H19N3S/c1-10-5-3-6-11(9-10)18(2)15-17-13-8-4-7-12(16)14(13)19-15/h3,5-6,9,12H,4,7-8,16H2,1-2H3. The minimum absolute atomic E-state index is 0.181. The van der Waals surface area contributed by atoms with Crippen LogP contribution in [0.4, 0.5) is 10.8 Å². The molecule has 2 N–H and O–H groups in total. The van der Waals surface area contributed by atoms with Gasteiger partial charge in [-0.1, -0.05) is 23.5 Å². The number of thiazole rings is 1. The van der Waals surface area contributed by atoms with Crippen molar-refractivity contribution in [2.24, 2.45) is 5.73 Å². The molecule has 2 aromatic rings. The Hall–Kier alpha value is -1.39. The third-order valence-electron chi connectivity index (χ3n) is 3.66. The highest BCUT2D eigenvalue weighted by Crippen LogP contribution is 2.37. The number of nitrogens with zero attached hydrogens (tertiary/aromatic N) is 2. The summed E-state index contributed by atoms with van der Waals surface area (Å²) in [7, 11) is 2.07. The molecule has 1 unspecified atom stereocenters. The molecular formula is C15H19N3S. The molecule has 1 aromatic carbocycles. The van der Waals surface area contributed by atoms with Gasteiger partial charge >= 0.3 is 0 Å². The molecule has 0 radical (unpaired) electrons. The maximum absolute atomic E-state index is 6.17. The summed E-state index contributed by atoms with van der Waals surface area (Å²) in [6.45, 7) is 2.11. The maximum Gasteiger partial charge on any atom is 0.190 e. The quantitative estimate of drug-likeness (QED) is 0.909. The molecule has 0 spiro atoms. The van der Waals surface area contributed by atoms with E-state index in [0.29, 0.717) is 0 Å². The SMILES string of the molecule is Cc1cccc(N(C)c2nc3c(s2)C(N)CCC3)c1. The van der Waals surface area contributed by atoms with Crippen molar-refractivity contribution in [3.8, 4) is 0 Å². The Morgan fingerprint density at radius 2 is 2.26 bits per heavy atom. The Bertz CT molecular complexity index is 591. The zero-order chi connectivity index (χ0) is 13.4. The van der Waals surface area contributed by atoms with Crippen molar-refractivity contribution in [3.05, 3.63) is 40.4 Å². The Labute approximate surface area is 118 Å². The molecule has 1 aromatic heterocycles. The molecular weight excluding hydrogens is 254 g/mol. The molecule has 1 heterocycles. The average molecular weight is 273 g/mol. The van der Waals surface area contributed by atoms with Gasteiger partial charge in [-0.05, 0) is 43.9 Å². The molecule has 100 valence electrons. The van der Waals surface area contributed by atoms with Gasteiger partial charge in [0.2, 0.25) is 0 Å². The van der Waals surface area contributed by atoms with Crippen molar-refractivity contribution < 1.29 is 0 Å². The van der Waals surface area contributed by atoms with Crippen molar-refractivity contribution in [3.63, 3.8) is 0 Å². The van der Waals surface area contributed by atoms with E-state index in [4.69, 9.17) is 10.7 Å². The summed E-state index contributed by atoms with van der Waals surface area (Å²) in [5.74, 6) is 0. The highest BCUT2D eigenvalue weighted by Gasteiger charge is 2.23. The van der Waals surface area contributed by atoms with Gasteiger partial charge in [-0.15, -0.1) is 0 Å². The van der Waals surface area contributed by atoms with Crippen LogP contribution in [0.2, 0.25) is 0 Å². The molecule has 1 aliphatic carbocycles. The maximum atomic E-state index is 6.17. The van der Waals surface area contributed by atoms with Crippen LogP contribution in [0.5, 0.6) is 0 Å². The highest BCUT2D eigenvalue weighted by molar-refractivity contribution is 7.15. The van der Waals surface area contributed by atoms with E-state index in [1.807, 2.05) is 0 Å². The van der Waals surface area contributed by atoms with Gasteiger partial charge in [0.1, 0.15) is 0 Å². The first-order valence-corrected chi connectivity index (χ1v) is 7.52. The Morgan fingerprint density at radius 1 is 1.42 bits per heavy atom. The van der Waals surface area contributed by atoms with Gasteiger partial charge < -0.3 is 10.6 Å². The fourth-order valence-electron chi connectivity index (χ4n) is 2.53. The number of anilines is 2. The second kappa shape index (κ2) is 4.94. The molecule has 0 amide bonds. The van der Waals surface area contributed by atoms with Crippen LogP contribution in [0, 0.1) is 6.92 Å². The van der Waals surface area contributed by atoms with Gasteiger partial charge in [-0.2, -0.15) is 0 Å². The molecule has 0 aliphatic heterocycles. The van der Waals surface area contributed by atoms with Crippen LogP contribution in [0.1, 0.15) is 35.0 Å². The molecule has 1 aliphatic rings. The topological polar surface area (TPSA) is 42.2 Å². The van der Waals surface area contributed by atoms with Crippen LogP contribution in [-0.2, 0) is 6.42 Å². The van der Waals surface area contributed by atoms with E-state index < -0.39 is 0 Å². The van der Waals surface area contributed by atoms with Crippen LogP contribution in [0.3, 0.4) is 0 Å². The van der Waals surface area contributed by atoms with Gasteiger partial charge in [-0.25, -0.2) is 4.98 Å². The van der Waals surface area contributed by atoms with Crippen molar-refractivity contribution in [1.29, 1.82) is 0 Å². The van der Waals surface area contributed by atoms with Crippen molar-refractivity contribution in [2.45, 2.75) is 32.2 Å². The Kier molecular flexibility index (Phi) is 3.29. The van der Waals surface area contributed by atoms with Crippen LogP contribution < -0.4 is 10.6 Å². The van der Waals surface area contributed by atoms with Gasteiger partial charge in [0.15, 0.2) is 5.13 Å². The second-order valence-electron chi connectivity index (χ2n) is 5.20. The van der Waals surface area contributed by atoms with E-state index >= 15 is 0 Å². The van der Waals surface area contributed by atoms with Gasteiger partial charge in [0, 0.05) is 23.7 Å². The van der Waals surface area contributed by atoms with Gasteiger partial charge in [0.25, 0.3) is 0 Å². The minimum Gasteiger partial charge on any atom is -0.323 e. The van der Waals surface area contributed by atoms with E-state index in [-0.39, 0.29) is 6.04 Å². The average Bonchev–Trinajstić information content (AvgIpc) is 2.83. The van der Waals surface area contributed by atoms with E-state index in [2.05, 4.69) is 43.1 Å². The molecule has 0 bridgehead atoms. The molecule has 0 saturated carbocycles. The fraction of sp³-hybridized carbons (Fsp3) is 0.400. The van der Waals surface area contributed by atoms with Crippen molar-refractivity contribution in [2.75, 3.05) is 11.9 Å². The Morgan fingerprint density at radius 3 is 3.00 bits per heavy atom. The van der Waals surface area contributed by atoms with Gasteiger partial charge in [0.05, 0.1) is 5.69 Å². The monoisotopic (exact) mass is 273 g/mol. The summed E-state index contributed by atoms with van der Waals surface area (Å²) in [4.78, 5) is 8.21. The van der Waals surface area contributed by atoms with Crippen LogP contribution in [-0.4, -0.2) is 12.0 Å². The summed E-state index contributed by atoms with van der Waals surface area (Å²) in [6.07, 6.45) is 3.31. The minimum atomic E-state index is 0.181. The predicted octanol–water partition coefficient (Wildman–Crippen LogP) is 3.56. The first kappa shape index (κ1) is 12.6. The van der Waals surface area contributed by atoms with Crippen molar-refractivity contribution in [1.82, 2.24) is 4.98 Å². The summed E-state index contributed by atoms with van der Waals surface area (Å²) in [6, 6.07) is 8.68. The number of benzene rings is 1. The highest BCUT2D eigenvalue weighted by atomic mass is 32.1. The number of fused-ring (bicyclic) bond motifs is 1. The first-order chi connectivity index (χ1) is 9.15. The lowest BCUT2D eigenvalue weighted by Crippen LogP contribution is -2.15. The molecule has 19 heavy (non-hydrogen) atoms. The van der Waals surface area contributed by atoms with Crippen LogP contribution >= 0.6 is 11.3 Å². The zero-order valence-corrected chi connectivity index (χ0v) is 12.2. The lowest BCUT2D eigenvalue weighted by Gasteiger charge is -2.16. The first-order valence-electron chi connectivity index (χ1n) is 6.71. The molecule has 0 fully saturated rings. The summed E-state index contributed by atoms with van der Waals surface area (Å²) in [5.41, 5.74) is 9.83. The van der Waals surface area contributed by atoms with E-state index in [1.165, 1.54) is 21.8 Å². The van der Waals surface area contributed by atoms with Gasteiger partial charge in [-0.3, -0.25) is 0 Å². The normalized spacial score (nSPS) is 18.2. The number of rotatable bonds is 2. The summed E-state index contributed by atoms with van der Waals surface area (Å²) < 4.78 is 0.